The van der Waals surface area contributed by atoms with Crippen molar-refractivity contribution in [2.45, 2.75) is 18.8 Å². The van der Waals surface area contributed by atoms with E-state index in [1.165, 1.54) is 12.1 Å². The molecule has 4 heterocycles. The molecule has 2 aliphatic heterocycles. The van der Waals surface area contributed by atoms with Crippen molar-refractivity contribution in [1.82, 2.24) is 30.0 Å². The summed E-state index contributed by atoms with van der Waals surface area (Å²) in [6, 6.07) is 8.09. The summed E-state index contributed by atoms with van der Waals surface area (Å²) in [6.45, 7) is 4.22. The number of hydrogen-bond acceptors (Lipinski definition) is 8. The number of nitrogens with one attached hydrogen (secondary N) is 1. The highest BCUT2D eigenvalue weighted by atomic mass is 16.6. The van der Waals surface area contributed by atoms with Crippen molar-refractivity contribution in [1.29, 1.82) is 0 Å². The molecule has 5 rings (SSSR count). The quantitative estimate of drug-likeness (QED) is 0.451. The van der Waals surface area contributed by atoms with Crippen LogP contribution >= 0.6 is 0 Å². The lowest BCUT2D eigenvalue weighted by molar-refractivity contribution is -0.384. The molecule has 11 nitrogen and oxygen atoms in total. The number of nitro benzene ring substituents is 1. The average Bonchev–Trinajstić information content (AvgIpc) is 3.35. The number of amides is 1. The lowest BCUT2D eigenvalue weighted by Gasteiger charge is -2.35. The first kappa shape index (κ1) is 22.0. The molecule has 2 fully saturated rings. The zero-order valence-corrected chi connectivity index (χ0v) is 18.7. The van der Waals surface area contributed by atoms with E-state index in [-0.39, 0.29) is 17.5 Å². The summed E-state index contributed by atoms with van der Waals surface area (Å²) in [6.07, 6.45) is 6.89. The van der Waals surface area contributed by atoms with Gasteiger partial charge in [0, 0.05) is 56.6 Å². The van der Waals surface area contributed by atoms with E-state index in [9.17, 15) is 14.9 Å². The topological polar surface area (TPSA) is 122 Å². The number of benzene rings is 1. The van der Waals surface area contributed by atoms with Crippen LogP contribution in [-0.2, 0) is 0 Å². The van der Waals surface area contributed by atoms with E-state index in [2.05, 4.69) is 25.3 Å². The van der Waals surface area contributed by atoms with Crippen molar-refractivity contribution in [2.24, 2.45) is 0 Å². The number of nitro groups is 1. The second-order valence-electron chi connectivity index (χ2n) is 8.48. The third kappa shape index (κ3) is 4.34. The van der Waals surface area contributed by atoms with Crippen LogP contribution < -0.4 is 10.2 Å². The van der Waals surface area contributed by atoms with Crippen LogP contribution in [0.15, 0.2) is 48.9 Å². The van der Waals surface area contributed by atoms with Gasteiger partial charge in [0.15, 0.2) is 0 Å². The summed E-state index contributed by atoms with van der Waals surface area (Å²) in [4.78, 5) is 36.8. The largest absolute Gasteiger partial charge is 0.337 e. The number of hydrogen-bond donors (Lipinski definition) is 1. The molecule has 0 atom stereocenters. The highest BCUT2D eigenvalue weighted by Gasteiger charge is 2.31. The van der Waals surface area contributed by atoms with E-state index in [1.807, 2.05) is 4.90 Å². The lowest BCUT2D eigenvalue weighted by atomic mass is 9.91. The molecule has 0 unspecified atom stereocenters. The molecule has 1 N–H and O–H groups in total. The highest BCUT2D eigenvalue weighted by molar-refractivity contribution is 5.95. The molecule has 2 saturated heterocycles. The number of non-ortho nitro benzene ring substituents is 1. The second-order valence-corrected chi connectivity index (χ2v) is 8.48. The molecule has 0 aliphatic carbocycles. The standard InChI is InChI=1S/C23H26N8O3/c32-22(28-12-14-29(15-13-28)23-25-8-1-9-26-23)20-16-27-30(21(20)17-6-10-24-11-7-17)18-2-4-19(5-3-18)31(33)34/h1-5,8-9,16-17,24H,6-7,10-15H2. The van der Waals surface area contributed by atoms with Crippen LogP contribution in [0, 0.1) is 10.1 Å². The zero-order valence-electron chi connectivity index (χ0n) is 18.7. The van der Waals surface area contributed by atoms with Crippen molar-refractivity contribution >= 4 is 17.5 Å². The van der Waals surface area contributed by atoms with Crippen LogP contribution in [-0.4, -0.2) is 74.7 Å². The Morgan fingerprint density at radius 2 is 1.71 bits per heavy atom. The first-order valence-corrected chi connectivity index (χ1v) is 11.5. The number of piperidine rings is 1. The van der Waals surface area contributed by atoms with Crippen LogP contribution in [0.1, 0.15) is 34.8 Å². The molecule has 2 aliphatic rings. The Morgan fingerprint density at radius 1 is 1.03 bits per heavy atom. The monoisotopic (exact) mass is 462 g/mol. The van der Waals surface area contributed by atoms with Crippen molar-refractivity contribution in [3.8, 4) is 5.69 Å². The fourth-order valence-electron chi connectivity index (χ4n) is 4.67. The first-order valence-electron chi connectivity index (χ1n) is 11.5. The second kappa shape index (κ2) is 9.56. The van der Waals surface area contributed by atoms with Gasteiger partial charge in [0.05, 0.1) is 28.1 Å². The maximum Gasteiger partial charge on any atom is 0.269 e. The summed E-state index contributed by atoms with van der Waals surface area (Å²) in [5.41, 5.74) is 2.23. The number of rotatable bonds is 5. The Balaban J connectivity index is 1.41. The molecule has 2 aromatic heterocycles. The predicted octanol–water partition coefficient (Wildman–Crippen LogP) is 2.00. The minimum Gasteiger partial charge on any atom is -0.337 e. The van der Waals surface area contributed by atoms with Crippen LogP contribution in [0.2, 0.25) is 0 Å². The average molecular weight is 463 g/mol. The lowest BCUT2D eigenvalue weighted by Crippen LogP contribution is -2.49. The fraction of sp³-hybridized carbons (Fsp3) is 0.391. The summed E-state index contributed by atoms with van der Waals surface area (Å²) < 4.78 is 1.78. The fourth-order valence-corrected chi connectivity index (χ4v) is 4.67. The van der Waals surface area contributed by atoms with Crippen molar-refractivity contribution in [3.63, 3.8) is 0 Å². The molecular formula is C23H26N8O3. The Hall–Kier alpha value is -3.86. The molecule has 0 saturated carbocycles. The van der Waals surface area contributed by atoms with Gasteiger partial charge in [0.1, 0.15) is 0 Å². The predicted molar refractivity (Wildman–Crippen MR) is 125 cm³/mol. The van der Waals surface area contributed by atoms with Gasteiger partial charge in [-0.05, 0) is 44.1 Å². The molecular weight excluding hydrogens is 436 g/mol. The molecule has 0 bridgehead atoms. The highest BCUT2D eigenvalue weighted by Crippen LogP contribution is 2.31. The van der Waals surface area contributed by atoms with Gasteiger partial charge in [-0.2, -0.15) is 5.10 Å². The van der Waals surface area contributed by atoms with Gasteiger partial charge >= 0.3 is 0 Å². The number of carbonyl (C=O) groups excluding carboxylic acids is 1. The van der Waals surface area contributed by atoms with E-state index in [0.29, 0.717) is 43.4 Å². The Labute approximate surface area is 196 Å². The van der Waals surface area contributed by atoms with Gasteiger partial charge in [-0.1, -0.05) is 0 Å². The van der Waals surface area contributed by atoms with E-state index >= 15 is 0 Å². The summed E-state index contributed by atoms with van der Waals surface area (Å²) >= 11 is 0. The smallest absolute Gasteiger partial charge is 0.269 e. The van der Waals surface area contributed by atoms with Crippen LogP contribution in [0.3, 0.4) is 0 Å². The molecule has 176 valence electrons. The number of nitrogens with zero attached hydrogens (tertiary/aromatic N) is 7. The SMILES string of the molecule is O=C(c1cnn(-c2ccc([N+](=O)[O-])cc2)c1C1CCNCC1)N1CCN(c2ncccn2)CC1. The third-order valence-corrected chi connectivity index (χ3v) is 6.47. The van der Waals surface area contributed by atoms with E-state index in [4.69, 9.17) is 0 Å². The molecule has 34 heavy (non-hydrogen) atoms. The number of piperazine rings is 1. The van der Waals surface area contributed by atoms with Crippen LogP contribution in [0.25, 0.3) is 5.69 Å². The molecule has 0 spiro atoms. The Kier molecular flexibility index (Phi) is 6.17. The van der Waals surface area contributed by atoms with Crippen LogP contribution in [0.5, 0.6) is 0 Å². The molecule has 0 radical (unpaired) electrons. The zero-order chi connectivity index (χ0) is 23.5. The van der Waals surface area contributed by atoms with Gasteiger partial charge in [0.2, 0.25) is 5.95 Å². The maximum atomic E-state index is 13.6. The molecule has 11 heteroatoms. The maximum absolute atomic E-state index is 13.6. The molecule has 1 aromatic carbocycles. The summed E-state index contributed by atoms with van der Waals surface area (Å²) in [5, 5.41) is 19.0. The van der Waals surface area contributed by atoms with Crippen molar-refractivity contribution in [2.75, 3.05) is 44.2 Å². The van der Waals surface area contributed by atoms with Gasteiger partial charge in [-0.15, -0.1) is 0 Å². The Morgan fingerprint density at radius 3 is 2.35 bits per heavy atom. The minimum absolute atomic E-state index is 0.0240. The van der Waals surface area contributed by atoms with E-state index in [0.717, 1.165) is 31.6 Å². The van der Waals surface area contributed by atoms with E-state index in [1.54, 1.807) is 41.5 Å². The molecule has 1 amide bonds. The third-order valence-electron chi connectivity index (χ3n) is 6.47. The normalized spacial score (nSPS) is 17.1. The van der Waals surface area contributed by atoms with Crippen LogP contribution in [0.4, 0.5) is 11.6 Å². The van der Waals surface area contributed by atoms with Gasteiger partial charge in [0.25, 0.3) is 11.6 Å². The van der Waals surface area contributed by atoms with E-state index < -0.39 is 4.92 Å². The van der Waals surface area contributed by atoms with Crippen molar-refractivity contribution < 1.29 is 9.72 Å². The van der Waals surface area contributed by atoms with Gasteiger partial charge in [-0.25, -0.2) is 14.6 Å². The summed E-state index contributed by atoms with van der Waals surface area (Å²) in [5.74, 6) is 0.822. The first-order chi connectivity index (χ1) is 16.6. The number of aromatic nitrogens is 4. The number of anilines is 1. The summed E-state index contributed by atoms with van der Waals surface area (Å²) in [7, 11) is 0. The minimum atomic E-state index is -0.421. The number of carbonyl (C=O) groups is 1. The Bertz CT molecular complexity index is 1150. The van der Waals surface area contributed by atoms with Crippen molar-refractivity contribution in [3.05, 3.63) is 70.3 Å². The van der Waals surface area contributed by atoms with Gasteiger partial charge < -0.3 is 15.1 Å². The molecule has 3 aromatic rings. The van der Waals surface area contributed by atoms with Gasteiger partial charge in [-0.3, -0.25) is 14.9 Å².